The van der Waals surface area contributed by atoms with Crippen LogP contribution in [0.1, 0.15) is 25.3 Å². The molecule has 1 aromatic heterocycles. The van der Waals surface area contributed by atoms with Gasteiger partial charge in [-0.1, -0.05) is 23.9 Å². The molecule has 1 aliphatic carbocycles. The summed E-state index contributed by atoms with van der Waals surface area (Å²) in [7, 11) is -3.09. The number of benzene rings is 1. The van der Waals surface area contributed by atoms with Gasteiger partial charge in [0.2, 0.25) is 0 Å². The number of para-hydroxylation sites is 1. The number of carbonyl (C=O) groups is 1. The van der Waals surface area contributed by atoms with Crippen molar-refractivity contribution in [1.29, 1.82) is 0 Å². The molecular weight excluding hydrogens is 376 g/mol. The third-order valence-electron chi connectivity index (χ3n) is 4.50. The summed E-state index contributed by atoms with van der Waals surface area (Å²) in [6.07, 6.45) is 1.64. The molecule has 0 N–H and O–H groups in total. The Balaban J connectivity index is 1.51. The topological polar surface area (TPSA) is 95.3 Å². The van der Waals surface area contributed by atoms with Crippen molar-refractivity contribution in [3.8, 4) is 0 Å². The van der Waals surface area contributed by atoms with Gasteiger partial charge in [-0.25, -0.2) is 13.4 Å². The first kappa shape index (κ1) is 17.5. The highest BCUT2D eigenvalue weighted by Gasteiger charge is 2.31. The molecule has 2 heterocycles. The first-order chi connectivity index (χ1) is 12.4. The van der Waals surface area contributed by atoms with E-state index in [1.165, 1.54) is 0 Å². The number of sulfone groups is 1. The van der Waals surface area contributed by atoms with Gasteiger partial charge in [0.25, 0.3) is 5.56 Å². The van der Waals surface area contributed by atoms with Gasteiger partial charge in [0.15, 0.2) is 15.0 Å². The Morgan fingerprint density at radius 1 is 1.27 bits per heavy atom. The summed E-state index contributed by atoms with van der Waals surface area (Å²) in [6.45, 7) is 0. The van der Waals surface area contributed by atoms with Gasteiger partial charge >= 0.3 is 5.97 Å². The lowest BCUT2D eigenvalue weighted by Crippen LogP contribution is -2.24. The summed E-state index contributed by atoms with van der Waals surface area (Å²) >= 11 is 1.16. The predicted molar refractivity (Wildman–Crippen MR) is 98.1 cm³/mol. The van der Waals surface area contributed by atoms with E-state index in [1.54, 1.807) is 16.7 Å². The van der Waals surface area contributed by atoms with Crippen molar-refractivity contribution >= 4 is 38.5 Å². The van der Waals surface area contributed by atoms with Gasteiger partial charge in [-0.2, -0.15) is 0 Å². The maximum Gasteiger partial charge on any atom is 0.316 e. The number of carbonyl (C=O) groups excluding carboxylic acids is 1. The van der Waals surface area contributed by atoms with Gasteiger partial charge in [0, 0.05) is 6.04 Å². The summed E-state index contributed by atoms with van der Waals surface area (Å²) < 4.78 is 29.8. The van der Waals surface area contributed by atoms with Gasteiger partial charge in [-0.05, 0) is 31.4 Å². The minimum absolute atomic E-state index is 0.00590. The zero-order valence-electron chi connectivity index (χ0n) is 14.0. The predicted octanol–water partition coefficient (Wildman–Crippen LogP) is 1.55. The number of nitrogens with zero attached hydrogens (tertiary/aromatic N) is 2. The van der Waals surface area contributed by atoms with Gasteiger partial charge in [0.05, 0.1) is 28.2 Å². The van der Waals surface area contributed by atoms with Gasteiger partial charge < -0.3 is 4.74 Å². The third-order valence-corrected chi connectivity index (χ3v) is 7.16. The molecule has 0 spiro atoms. The Labute approximate surface area is 154 Å². The maximum absolute atomic E-state index is 12.8. The van der Waals surface area contributed by atoms with Crippen LogP contribution in [0, 0.1) is 0 Å². The second-order valence-electron chi connectivity index (χ2n) is 6.62. The molecule has 2 aliphatic rings. The van der Waals surface area contributed by atoms with E-state index in [0.717, 1.165) is 24.6 Å². The van der Waals surface area contributed by atoms with Crippen LogP contribution >= 0.6 is 11.8 Å². The number of aromatic nitrogens is 2. The SMILES string of the molecule is O=C(CSc1nc2ccccc2c(=O)n1C1CC1)O[C@@H]1CCS(=O)(=O)C1. The van der Waals surface area contributed by atoms with Crippen molar-refractivity contribution in [3.05, 3.63) is 34.6 Å². The second kappa shape index (κ2) is 6.70. The maximum atomic E-state index is 12.8. The summed E-state index contributed by atoms with van der Waals surface area (Å²) in [4.78, 5) is 29.4. The van der Waals surface area contributed by atoms with E-state index in [2.05, 4.69) is 4.98 Å². The molecule has 9 heteroatoms. The molecule has 1 aromatic carbocycles. The Kier molecular flexibility index (Phi) is 4.52. The quantitative estimate of drug-likeness (QED) is 0.431. The van der Waals surface area contributed by atoms with Crippen molar-refractivity contribution in [3.63, 3.8) is 0 Å². The molecule has 2 fully saturated rings. The van der Waals surface area contributed by atoms with E-state index in [1.807, 2.05) is 12.1 Å². The number of hydrogen-bond donors (Lipinski definition) is 0. The molecule has 4 rings (SSSR count). The highest BCUT2D eigenvalue weighted by atomic mass is 32.2. The Hall–Kier alpha value is -1.87. The van der Waals surface area contributed by atoms with E-state index in [4.69, 9.17) is 4.74 Å². The number of ether oxygens (including phenoxy) is 1. The molecule has 2 aromatic rings. The minimum Gasteiger partial charge on any atom is -0.461 e. The lowest BCUT2D eigenvalue weighted by atomic mass is 10.2. The smallest absolute Gasteiger partial charge is 0.316 e. The van der Waals surface area contributed by atoms with Crippen LogP contribution in [0.4, 0.5) is 0 Å². The van der Waals surface area contributed by atoms with E-state index in [-0.39, 0.29) is 28.9 Å². The van der Waals surface area contributed by atoms with Crippen LogP contribution < -0.4 is 5.56 Å². The number of rotatable bonds is 5. The summed E-state index contributed by atoms with van der Waals surface area (Å²) in [5, 5.41) is 1.08. The standard InChI is InChI=1S/C17H18N2O5S2/c20-15(24-12-7-8-26(22,23)10-12)9-25-17-18-14-4-2-1-3-13(14)16(21)19(17)11-5-6-11/h1-4,11-12H,5-10H2/t12-/m1/s1. The van der Waals surface area contributed by atoms with E-state index in [0.29, 0.717) is 22.5 Å². The molecule has 1 saturated carbocycles. The van der Waals surface area contributed by atoms with Crippen LogP contribution in [0.5, 0.6) is 0 Å². The Morgan fingerprint density at radius 3 is 2.73 bits per heavy atom. The lowest BCUT2D eigenvalue weighted by molar-refractivity contribution is -0.144. The van der Waals surface area contributed by atoms with Crippen molar-refractivity contribution in [1.82, 2.24) is 9.55 Å². The zero-order valence-corrected chi connectivity index (χ0v) is 15.6. The minimum atomic E-state index is -3.09. The third kappa shape index (κ3) is 3.64. The molecular formula is C17H18N2O5S2. The summed E-state index contributed by atoms with van der Waals surface area (Å²) in [5.41, 5.74) is 0.517. The monoisotopic (exact) mass is 394 g/mol. The Bertz CT molecular complexity index is 1030. The summed E-state index contributed by atoms with van der Waals surface area (Å²) in [5.74, 6) is -0.536. The highest BCUT2D eigenvalue weighted by Crippen LogP contribution is 2.36. The first-order valence-corrected chi connectivity index (χ1v) is 11.3. The van der Waals surface area contributed by atoms with E-state index >= 15 is 0 Å². The fourth-order valence-corrected chi connectivity index (χ4v) is 5.52. The molecule has 1 saturated heterocycles. The molecule has 0 bridgehead atoms. The molecule has 0 unspecified atom stereocenters. The second-order valence-corrected chi connectivity index (χ2v) is 9.79. The zero-order chi connectivity index (χ0) is 18.3. The molecule has 138 valence electrons. The van der Waals surface area contributed by atoms with Crippen molar-refractivity contribution in [2.45, 2.75) is 36.6 Å². The van der Waals surface area contributed by atoms with Crippen LogP contribution in [-0.4, -0.2) is 47.3 Å². The van der Waals surface area contributed by atoms with E-state index < -0.39 is 21.9 Å². The van der Waals surface area contributed by atoms with Gasteiger partial charge in [0.1, 0.15) is 6.10 Å². The van der Waals surface area contributed by atoms with Gasteiger partial charge in [-0.15, -0.1) is 0 Å². The average molecular weight is 394 g/mol. The molecule has 0 radical (unpaired) electrons. The van der Waals surface area contributed by atoms with Crippen LogP contribution in [0.25, 0.3) is 10.9 Å². The number of thioether (sulfide) groups is 1. The van der Waals surface area contributed by atoms with Crippen molar-refractivity contribution in [2.24, 2.45) is 0 Å². The van der Waals surface area contributed by atoms with Crippen molar-refractivity contribution in [2.75, 3.05) is 17.3 Å². The normalized spacial score (nSPS) is 21.8. The molecule has 1 aliphatic heterocycles. The van der Waals surface area contributed by atoms with E-state index in [9.17, 15) is 18.0 Å². The lowest BCUT2D eigenvalue weighted by Gasteiger charge is -2.13. The molecule has 0 amide bonds. The van der Waals surface area contributed by atoms with Crippen LogP contribution in [0.2, 0.25) is 0 Å². The molecule has 26 heavy (non-hydrogen) atoms. The first-order valence-electron chi connectivity index (χ1n) is 8.47. The molecule has 1 atom stereocenters. The summed E-state index contributed by atoms with van der Waals surface area (Å²) in [6, 6.07) is 7.30. The average Bonchev–Trinajstić information content (AvgIpc) is 3.37. The van der Waals surface area contributed by atoms with Crippen LogP contribution in [-0.2, 0) is 19.4 Å². The Morgan fingerprint density at radius 2 is 2.04 bits per heavy atom. The highest BCUT2D eigenvalue weighted by molar-refractivity contribution is 7.99. The van der Waals surface area contributed by atoms with Crippen molar-refractivity contribution < 1.29 is 17.9 Å². The number of hydrogen-bond acceptors (Lipinski definition) is 7. The largest absolute Gasteiger partial charge is 0.461 e. The van der Waals surface area contributed by atoms with Crippen LogP contribution in [0.3, 0.4) is 0 Å². The number of esters is 1. The van der Waals surface area contributed by atoms with Crippen LogP contribution in [0.15, 0.2) is 34.2 Å². The fraction of sp³-hybridized carbons (Fsp3) is 0.471. The van der Waals surface area contributed by atoms with Gasteiger partial charge in [-0.3, -0.25) is 14.2 Å². The number of fused-ring (bicyclic) bond motifs is 1. The molecule has 7 nitrogen and oxygen atoms in total. The fourth-order valence-electron chi connectivity index (χ4n) is 3.08.